The van der Waals surface area contributed by atoms with Gasteiger partial charge in [-0.25, -0.2) is 4.98 Å². The molecular weight excluding hydrogens is 180 g/mol. The van der Waals surface area contributed by atoms with Crippen LogP contribution >= 0.6 is 11.3 Å². The lowest BCUT2D eigenvalue weighted by atomic mass is 10.2. The predicted octanol–water partition coefficient (Wildman–Crippen LogP) is 2.42. The number of hydrogen-bond acceptors (Lipinski definition) is 3. The molecule has 0 saturated carbocycles. The van der Waals surface area contributed by atoms with E-state index in [9.17, 15) is 0 Å². The summed E-state index contributed by atoms with van der Waals surface area (Å²) >= 11 is 1.78. The van der Waals surface area contributed by atoms with E-state index in [1.54, 1.807) is 11.3 Å². The first kappa shape index (κ1) is 10.7. The van der Waals surface area contributed by atoms with Crippen LogP contribution in [-0.4, -0.2) is 18.1 Å². The van der Waals surface area contributed by atoms with E-state index in [-0.39, 0.29) is 0 Å². The molecule has 0 radical (unpaired) electrons. The van der Waals surface area contributed by atoms with Crippen molar-refractivity contribution in [2.75, 3.05) is 13.1 Å². The third-order valence-electron chi connectivity index (χ3n) is 1.87. The van der Waals surface area contributed by atoms with Crippen LogP contribution in [0, 0.1) is 0 Å². The molecule has 0 fully saturated rings. The van der Waals surface area contributed by atoms with Crippen molar-refractivity contribution in [3.8, 4) is 0 Å². The maximum absolute atomic E-state index is 4.56. The summed E-state index contributed by atoms with van der Waals surface area (Å²) in [6, 6.07) is 0. The van der Waals surface area contributed by atoms with Crippen molar-refractivity contribution in [3.63, 3.8) is 0 Å². The second-order valence-electron chi connectivity index (χ2n) is 3.44. The zero-order valence-electron chi connectivity index (χ0n) is 8.63. The van der Waals surface area contributed by atoms with Gasteiger partial charge in [-0.3, -0.25) is 0 Å². The standard InChI is InChI=1S/C10H18N2S/c1-4-11-6-5-9-7-13-10(12-9)8(2)3/h7-8,11H,4-6H2,1-3H3. The Hall–Kier alpha value is -0.410. The van der Waals surface area contributed by atoms with Gasteiger partial charge in [-0.2, -0.15) is 0 Å². The second-order valence-corrected chi connectivity index (χ2v) is 4.33. The van der Waals surface area contributed by atoms with Crippen LogP contribution in [0.4, 0.5) is 0 Å². The van der Waals surface area contributed by atoms with Crippen molar-refractivity contribution in [2.45, 2.75) is 33.1 Å². The van der Waals surface area contributed by atoms with Crippen molar-refractivity contribution in [2.24, 2.45) is 0 Å². The molecule has 1 heterocycles. The minimum Gasteiger partial charge on any atom is -0.317 e. The van der Waals surface area contributed by atoms with Gasteiger partial charge in [-0.05, 0) is 6.54 Å². The van der Waals surface area contributed by atoms with Crippen LogP contribution in [0.1, 0.15) is 37.4 Å². The fourth-order valence-corrected chi connectivity index (χ4v) is 1.97. The van der Waals surface area contributed by atoms with Gasteiger partial charge in [0.1, 0.15) is 0 Å². The first-order chi connectivity index (χ1) is 6.24. The van der Waals surface area contributed by atoms with Crippen LogP contribution in [0.5, 0.6) is 0 Å². The molecule has 0 spiro atoms. The molecule has 3 heteroatoms. The Bertz CT molecular complexity index is 243. The lowest BCUT2D eigenvalue weighted by Gasteiger charge is -1.98. The number of hydrogen-bond donors (Lipinski definition) is 1. The lowest BCUT2D eigenvalue weighted by Crippen LogP contribution is -2.16. The van der Waals surface area contributed by atoms with Gasteiger partial charge in [0, 0.05) is 24.3 Å². The van der Waals surface area contributed by atoms with Crippen LogP contribution in [0.15, 0.2) is 5.38 Å². The maximum atomic E-state index is 4.56. The molecule has 0 unspecified atom stereocenters. The Kier molecular flexibility index (Phi) is 4.39. The molecule has 1 aromatic rings. The molecule has 0 saturated heterocycles. The average molecular weight is 198 g/mol. The summed E-state index contributed by atoms with van der Waals surface area (Å²) in [6.07, 6.45) is 1.05. The predicted molar refractivity (Wildman–Crippen MR) is 58.5 cm³/mol. The van der Waals surface area contributed by atoms with E-state index in [0.29, 0.717) is 5.92 Å². The van der Waals surface area contributed by atoms with Gasteiger partial charge in [0.05, 0.1) is 10.7 Å². The average Bonchev–Trinajstić information content (AvgIpc) is 2.53. The van der Waals surface area contributed by atoms with Crippen molar-refractivity contribution < 1.29 is 0 Å². The summed E-state index contributed by atoms with van der Waals surface area (Å²) in [7, 11) is 0. The van der Waals surface area contributed by atoms with Gasteiger partial charge in [0.15, 0.2) is 0 Å². The molecule has 2 nitrogen and oxygen atoms in total. The Morgan fingerprint density at radius 2 is 2.31 bits per heavy atom. The number of nitrogens with one attached hydrogen (secondary N) is 1. The SMILES string of the molecule is CCNCCc1csc(C(C)C)n1. The lowest BCUT2D eigenvalue weighted by molar-refractivity contribution is 0.706. The molecular formula is C10H18N2S. The highest BCUT2D eigenvalue weighted by molar-refractivity contribution is 7.09. The van der Waals surface area contributed by atoms with E-state index in [2.05, 4.69) is 36.5 Å². The van der Waals surface area contributed by atoms with Crippen molar-refractivity contribution in [1.29, 1.82) is 0 Å². The molecule has 0 aromatic carbocycles. The molecule has 1 rings (SSSR count). The van der Waals surface area contributed by atoms with E-state index in [0.717, 1.165) is 19.5 Å². The minimum absolute atomic E-state index is 0.567. The highest BCUT2D eigenvalue weighted by Crippen LogP contribution is 2.18. The van der Waals surface area contributed by atoms with E-state index in [4.69, 9.17) is 0 Å². The number of thiazole rings is 1. The number of aromatic nitrogens is 1. The Balaban J connectivity index is 2.40. The summed E-state index contributed by atoms with van der Waals surface area (Å²) in [5, 5.41) is 6.73. The maximum Gasteiger partial charge on any atom is 0.0953 e. The van der Waals surface area contributed by atoms with Crippen molar-refractivity contribution >= 4 is 11.3 Å². The van der Waals surface area contributed by atoms with Crippen LogP contribution in [-0.2, 0) is 6.42 Å². The molecule has 0 bridgehead atoms. The molecule has 0 aliphatic rings. The van der Waals surface area contributed by atoms with Gasteiger partial charge in [0.2, 0.25) is 0 Å². The number of likely N-dealkylation sites (N-methyl/N-ethyl adjacent to an activating group) is 1. The molecule has 0 amide bonds. The smallest absolute Gasteiger partial charge is 0.0953 e. The van der Waals surface area contributed by atoms with Gasteiger partial charge >= 0.3 is 0 Å². The van der Waals surface area contributed by atoms with Gasteiger partial charge in [-0.1, -0.05) is 20.8 Å². The Morgan fingerprint density at radius 1 is 1.54 bits per heavy atom. The van der Waals surface area contributed by atoms with Gasteiger partial charge in [0.25, 0.3) is 0 Å². The normalized spacial score (nSPS) is 11.1. The van der Waals surface area contributed by atoms with E-state index >= 15 is 0 Å². The second kappa shape index (κ2) is 5.35. The van der Waals surface area contributed by atoms with E-state index in [1.165, 1.54) is 10.7 Å². The van der Waals surface area contributed by atoms with E-state index < -0.39 is 0 Å². The Morgan fingerprint density at radius 3 is 2.85 bits per heavy atom. The monoisotopic (exact) mass is 198 g/mol. The number of nitrogens with zero attached hydrogens (tertiary/aromatic N) is 1. The molecule has 74 valence electrons. The topological polar surface area (TPSA) is 24.9 Å². The van der Waals surface area contributed by atoms with Gasteiger partial charge < -0.3 is 5.32 Å². The molecule has 0 aliphatic carbocycles. The fourth-order valence-electron chi connectivity index (χ4n) is 1.10. The quantitative estimate of drug-likeness (QED) is 0.735. The van der Waals surface area contributed by atoms with Crippen molar-refractivity contribution in [1.82, 2.24) is 10.3 Å². The van der Waals surface area contributed by atoms with Crippen LogP contribution < -0.4 is 5.32 Å². The third-order valence-corrected chi connectivity index (χ3v) is 3.07. The zero-order valence-corrected chi connectivity index (χ0v) is 9.45. The molecule has 0 atom stereocenters. The fraction of sp³-hybridized carbons (Fsp3) is 0.700. The van der Waals surface area contributed by atoms with Crippen LogP contribution in [0.25, 0.3) is 0 Å². The third kappa shape index (κ3) is 3.44. The van der Waals surface area contributed by atoms with Crippen LogP contribution in [0.2, 0.25) is 0 Å². The van der Waals surface area contributed by atoms with Crippen LogP contribution in [0.3, 0.4) is 0 Å². The van der Waals surface area contributed by atoms with E-state index in [1.807, 2.05) is 0 Å². The summed E-state index contributed by atoms with van der Waals surface area (Å²) < 4.78 is 0. The largest absolute Gasteiger partial charge is 0.317 e. The first-order valence-electron chi connectivity index (χ1n) is 4.89. The highest BCUT2D eigenvalue weighted by atomic mass is 32.1. The van der Waals surface area contributed by atoms with Crippen molar-refractivity contribution in [3.05, 3.63) is 16.1 Å². The number of rotatable bonds is 5. The minimum atomic E-state index is 0.567. The summed E-state index contributed by atoms with van der Waals surface area (Å²) in [5.74, 6) is 0.567. The molecule has 0 aliphatic heterocycles. The zero-order chi connectivity index (χ0) is 9.68. The molecule has 13 heavy (non-hydrogen) atoms. The summed E-state index contributed by atoms with van der Waals surface area (Å²) in [6.45, 7) is 8.58. The highest BCUT2D eigenvalue weighted by Gasteiger charge is 2.04. The first-order valence-corrected chi connectivity index (χ1v) is 5.77. The molecule has 1 aromatic heterocycles. The summed E-state index contributed by atoms with van der Waals surface area (Å²) in [4.78, 5) is 4.56. The molecule has 1 N–H and O–H groups in total. The van der Waals surface area contributed by atoms with Gasteiger partial charge in [-0.15, -0.1) is 11.3 Å². The Labute approximate surface area is 84.4 Å². The summed E-state index contributed by atoms with van der Waals surface area (Å²) in [5.41, 5.74) is 1.23.